The zero-order valence-electron chi connectivity index (χ0n) is 31.0. The van der Waals surface area contributed by atoms with Crippen LogP contribution in [0.25, 0.3) is 45.6 Å². The summed E-state index contributed by atoms with van der Waals surface area (Å²) in [7, 11) is 0. The van der Waals surface area contributed by atoms with Gasteiger partial charge in [-0.2, -0.15) is 0 Å². The summed E-state index contributed by atoms with van der Waals surface area (Å²) in [6.45, 7) is 3.33. The number of halogens is 2. The minimum Gasteiger partial charge on any atom is -0.508 e. The first-order valence-electron chi connectivity index (χ1n) is 18.1. The number of amides is 2. The molecule has 15 heteroatoms. The van der Waals surface area contributed by atoms with Crippen LogP contribution in [-0.2, 0) is 11.3 Å². The number of carboxylic acids is 1. The number of anilines is 1. The van der Waals surface area contributed by atoms with E-state index in [9.17, 15) is 39.6 Å². The third kappa shape index (κ3) is 7.27. The molecule has 5 aromatic carbocycles. The Hall–Kier alpha value is -7.16. The van der Waals surface area contributed by atoms with Crippen molar-refractivity contribution in [1.29, 1.82) is 0 Å². The summed E-state index contributed by atoms with van der Waals surface area (Å²) in [6, 6.07) is 24.5. The lowest BCUT2D eigenvalue weighted by Crippen LogP contribution is -2.37. The van der Waals surface area contributed by atoms with Gasteiger partial charge in [0, 0.05) is 74.4 Å². The summed E-state index contributed by atoms with van der Waals surface area (Å²) in [6.07, 6.45) is -1.96. The van der Waals surface area contributed by atoms with Gasteiger partial charge in [0.15, 0.2) is 11.7 Å². The average Bonchev–Trinajstić information content (AvgIpc) is 3.20. The maximum Gasteiger partial charge on any atom is 0.337 e. The second-order valence-electron chi connectivity index (χ2n) is 13.9. The molecule has 8 N–H and O–H groups in total. The fourth-order valence-electron chi connectivity index (χ4n) is 7.29. The van der Waals surface area contributed by atoms with Crippen molar-refractivity contribution in [3.63, 3.8) is 0 Å². The van der Waals surface area contributed by atoms with E-state index in [1.807, 2.05) is 0 Å². The topological polar surface area (TPSA) is 222 Å². The standard InChI is InChI=1S/C45H31Cl2N3O10/c1-20-2-7-28-33(12-20)59-34-14-22(48)4-9-29(34)39(28)41-40(45(57)58)32(46)17-31(42(41)47)43(54)50-19-37(53)49-18-21-3-8-25(30(13-21)44(55)56)38-26-10-5-23(51)15-35(26)60-36-16-24(52)6-11-27(36)38/h2-17,44,51,55-56H,1,18-19,48H2,(H,49,53)(H,50,54)(H,57,58). The molecule has 0 radical (unpaired) electrons. The number of benzene rings is 6. The number of nitrogens with two attached hydrogens (primary N) is 1. The van der Waals surface area contributed by atoms with Gasteiger partial charge in [0.1, 0.15) is 28.6 Å². The number of aromatic hydroxyl groups is 1. The Morgan fingerprint density at radius 1 is 0.817 bits per heavy atom. The van der Waals surface area contributed by atoms with Crippen molar-refractivity contribution in [1.82, 2.24) is 10.6 Å². The Morgan fingerprint density at radius 3 is 2.35 bits per heavy atom. The van der Waals surface area contributed by atoms with E-state index in [0.29, 0.717) is 66.4 Å². The Bertz CT molecular complexity index is 3130. The number of aromatic carboxylic acids is 1. The van der Waals surface area contributed by atoms with E-state index in [2.05, 4.69) is 17.2 Å². The van der Waals surface area contributed by atoms with E-state index in [-0.39, 0.29) is 61.4 Å². The van der Waals surface area contributed by atoms with Crippen LogP contribution in [0.15, 0.2) is 106 Å². The molecule has 1 aliphatic carbocycles. The zero-order chi connectivity index (χ0) is 42.6. The van der Waals surface area contributed by atoms with E-state index in [4.69, 9.17) is 38.1 Å². The first-order valence-corrected chi connectivity index (χ1v) is 18.8. The quantitative estimate of drug-likeness (QED) is 0.0535. The van der Waals surface area contributed by atoms with Gasteiger partial charge in [0.05, 0.1) is 27.7 Å². The fraction of sp³-hybridized carbons (Fsp3) is 0.0667. The summed E-state index contributed by atoms with van der Waals surface area (Å²) < 4.78 is 12.0. The molecule has 3 aliphatic rings. The van der Waals surface area contributed by atoms with Crippen molar-refractivity contribution in [2.75, 3.05) is 12.3 Å². The number of phenolic OH excluding ortho intramolecular Hbond substituents is 1. The maximum absolute atomic E-state index is 13.7. The molecule has 60 heavy (non-hydrogen) atoms. The number of aliphatic hydroxyl groups is 2. The highest BCUT2D eigenvalue weighted by Crippen LogP contribution is 2.45. The fourth-order valence-corrected chi connectivity index (χ4v) is 7.90. The molecular formula is C45H31Cl2N3O10. The lowest BCUT2D eigenvalue weighted by Gasteiger charge is -2.24. The Balaban J connectivity index is 1.06. The molecular weight excluding hydrogens is 813 g/mol. The normalized spacial score (nSPS) is 11.9. The van der Waals surface area contributed by atoms with Crippen LogP contribution in [0, 0.1) is 0 Å². The number of aliphatic hydroxyl groups excluding tert-OH is 1. The molecule has 0 atom stereocenters. The predicted molar refractivity (Wildman–Crippen MR) is 225 cm³/mol. The van der Waals surface area contributed by atoms with Crippen LogP contribution < -0.4 is 37.0 Å². The number of carbonyl (C=O) groups excluding carboxylic acids is 2. The largest absolute Gasteiger partial charge is 0.508 e. The number of nitrogen functional groups attached to an aromatic ring is 1. The third-order valence-corrected chi connectivity index (χ3v) is 10.7. The number of fused-ring (bicyclic) bond motifs is 4. The van der Waals surface area contributed by atoms with Gasteiger partial charge in [0.25, 0.3) is 5.91 Å². The molecule has 0 saturated carbocycles. The summed E-state index contributed by atoms with van der Waals surface area (Å²) in [5, 5.41) is 47.7. The summed E-state index contributed by atoms with van der Waals surface area (Å²) in [5.74, 6) is -2.04. The van der Waals surface area contributed by atoms with Crippen LogP contribution in [-0.4, -0.2) is 44.8 Å². The van der Waals surface area contributed by atoms with Gasteiger partial charge in [0.2, 0.25) is 5.91 Å². The molecule has 0 spiro atoms. The molecule has 13 nitrogen and oxygen atoms in total. The van der Waals surface area contributed by atoms with Gasteiger partial charge in [-0.15, -0.1) is 0 Å². The molecule has 0 fully saturated rings. The van der Waals surface area contributed by atoms with Crippen molar-refractivity contribution < 1.29 is 44.0 Å². The van der Waals surface area contributed by atoms with Crippen molar-refractivity contribution in [2.24, 2.45) is 0 Å². The number of hydrogen-bond donors (Lipinski definition) is 7. The SMILES string of the molecule is C=c1ccc2c(c1)Oc1cc(N)ccc1C=2c1c(Cl)c(C(=O)NCC(=O)NCc2ccc(-c3c4ccc(=O)cc-4oc4cc(O)ccc34)c(C(O)O)c2)cc(Cl)c1C(=O)O. The van der Waals surface area contributed by atoms with Crippen LogP contribution in [0.3, 0.4) is 0 Å². The van der Waals surface area contributed by atoms with Crippen LogP contribution in [0.1, 0.15) is 49.3 Å². The predicted octanol–water partition coefficient (Wildman–Crippen LogP) is 5.65. The van der Waals surface area contributed by atoms with Crippen LogP contribution in [0.5, 0.6) is 17.2 Å². The zero-order valence-corrected chi connectivity index (χ0v) is 32.5. The molecule has 0 bridgehead atoms. The summed E-state index contributed by atoms with van der Waals surface area (Å²) >= 11 is 13.5. The second-order valence-corrected chi connectivity index (χ2v) is 14.7. The second kappa shape index (κ2) is 15.5. The van der Waals surface area contributed by atoms with E-state index < -0.39 is 30.6 Å². The van der Waals surface area contributed by atoms with E-state index in [0.717, 1.165) is 6.07 Å². The highest BCUT2D eigenvalue weighted by atomic mass is 35.5. The van der Waals surface area contributed by atoms with Crippen molar-refractivity contribution in [3.8, 4) is 39.7 Å². The highest BCUT2D eigenvalue weighted by Gasteiger charge is 2.31. The Morgan fingerprint density at radius 2 is 1.58 bits per heavy atom. The first kappa shape index (κ1) is 39.7. The number of phenols is 1. The number of carboxylic acid groups (broad SMARTS) is 1. The highest BCUT2D eigenvalue weighted by molar-refractivity contribution is 6.40. The molecule has 8 rings (SSSR count). The van der Waals surface area contributed by atoms with Crippen molar-refractivity contribution in [2.45, 2.75) is 12.8 Å². The van der Waals surface area contributed by atoms with Gasteiger partial charge in [-0.05, 0) is 70.9 Å². The number of hydrogen-bond acceptors (Lipinski definition) is 10. The van der Waals surface area contributed by atoms with Gasteiger partial charge in [-0.25, -0.2) is 4.79 Å². The lowest BCUT2D eigenvalue weighted by molar-refractivity contribution is -0.120. The Labute approximate surface area is 349 Å². The monoisotopic (exact) mass is 843 g/mol. The Kier molecular flexibility index (Phi) is 10.3. The molecule has 0 aromatic heterocycles. The van der Waals surface area contributed by atoms with Crippen LogP contribution in [0.2, 0.25) is 10.0 Å². The van der Waals surface area contributed by atoms with E-state index in [1.165, 1.54) is 30.3 Å². The number of carbonyl (C=O) groups is 3. The van der Waals surface area contributed by atoms with Gasteiger partial charge >= 0.3 is 5.97 Å². The molecule has 0 saturated heterocycles. The molecule has 2 heterocycles. The minimum absolute atomic E-state index is 0.0526. The third-order valence-electron chi connectivity index (χ3n) is 9.97. The number of rotatable bonds is 9. The van der Waals surface area contributed by atoms with Gasteiger partial charge in [-0.3, -0.25) is 14.4 Å². The van der Waals surface area contributed by atoms with Crippen LogP contribution in [0.4, 0.5) is 5.69 Å². The number of nitrogens with one attached hydrogen (secondary N) is 2. The first-order chi connectivity index (χ1) is 28.7. The van der Waals surface area contributed by atoms with E-state index in [1.54, 1.807) is 60.7 Å². The van der Waals surface area contributed by atoms with Crippen molar-refractivity contribution >= 4 is 69.8 Å². The summed E-state index contributed by atoms with van der Waals surface area (Å²) in [4.78, 5) is 51.7. The van der Waals surface area contributed by atoms with Gasteiger partial charge < -0.3 is 45.9 Å². The minimum atomic E-state index is -1.96. The number of ether oxygens (including phenoxy) is 1. The molecule has 5 aromatic rings. The summed E-state index contributed by atoms with van der Waals surface area (Å²) in [5.41, 5.74) is 8.51. The van der Waals surface area contributed by atoms with Crippen molar-refractivity contribution in [3.05, 3.63) is 161 Å². The molecule has 2 amide bonds. The van der Waals surface area contributed by atoms with Gasteiger partial charge in [-0.1, -0.05) is 54.0 Å². The molecule has 2 aliphatic heterocycles. The molecule has 0 unspecified atom stereocenters. The maximum atomic E-state index is 13.7. The lowest BCUT2D eigenvalue weighted by atomic mass is 9.88. The smallest absolute Gasteiger partial charge is 0.337 e. The van der Waals surface area contributed by atoms with Crippen LogP contribution >= 0.6 is 23.2 Å². The van der Waals surface area contributed by atoms with E-state index >= 15 is 0 Å². The average molecular weight is 845 g/mol. The molecule has 300 valence electrons.